The number of nitrogens with zero attached hydrogens (tertiary/aromatic N) is 4. The summed E-state index contributed by atoms with van der Waals surface area (Å²) in [6.07, 6.45) is 13.4. The van der Waals surface area contributed by atoms with Crippen molar-refractivity contribution in [2.24, 2.45) is 12.5 Å². The maximum absolute atomic E-state index is 13.8. The number of aldehydes is 1. The molecule has 2 fully saturated rings. The molecule has 0 radical (unpaired) electrons. The average Bonchev–Trinajstić information content (AvgIpc) is 3.72. The van der Waals surface area contributed by atoms with Gasteiger partial charge in [0, 0.05) is 55.5 Å². The lowest BCUT2D eigenvalue weighted by molar-refractivity contribution is -0.0500. The van der Waals surface area contributed by atoms with Crippen LogP contribution in [0.1, 0.15) is 95.7 Å². The van der Waals surface area contributed by atoms with E-state index in [0.717, 1.165) is 42.0 Å². The Balaban J connectivity index is 1.00. The molecule has 9 nitrogen and oxygen atoms in total. The molecule has 276 valence electrons. The number of oxazole rings is 1. The van der Waals surface area contributed by atoms with E-state index in [1.165, 1.54) is 69.9 Å². The molecule has 3 aliphatic rings. The molecule has 53 heavy (non-hydrogen) atoms. The van der Waals surface area contributed by atoms with Gasteiger partial charge in [-0.05, 0) is 80.2 Å². The summed E-state index contributed by atoms with van der Waals surface area (Å²) in [6.45, 7) is 0.544. The molecule has 0 saturated heterocycles. The van der Waals surface area contributed by atoms with Crippen molar-refractivity contribution in [2.45, 2.75) is 90.3 Å². The summed E-state index contributed by atoms with van der Waals surface area (Å²) in [5, 5.41) is 3.38. The van der Waals surface area contributed by atoms with Crippen LogP contribution in [0.25, 0.3) is 33.7 Å². The monoisotopic (exact) mass is 741 g/mol. The molecular formula is C41H42ClF2N5O4. The van der Waals surface area contributed by atoms with Crippen LogP contribution in [0, 0.1) is 12.3 Å². The van der Waals surface area contributed by atoms with Crippen molar-refractivity contribution in [3.05, 3.63) is 81.9 Å². The zero-order valence-corrected chi connectivity index (χ0v) is 30.6. The molecule has 5 aromatic rings. The van der Waals surface area contributed by atoms with Gasteiger partial charge in [0.15, 0.2) is 17.7 Å². The van der Waals surface area contributed by atoms with Gasteiger partial charge in [-0.3, -0.25) is 14.5 Å². The van der Waals surface area contributed by atoms with Gasteiger partial charge >= 0.3 is 6.61 Å². The molecule has 2 aromatic heterocycles. The number of halogens is 3. The number of anilines is 1. The summed E-state index contributed by atoms with van der Waals surface area (Å²) in [5.41, 5.74) is 6.48. The normalized spacial score (nSPS) is 17.7. The van der Waals surface area contributed by atoms with E-state index in [-0.39, 0.29) is 28.7 Å². The molecule has 1 amide bonds. The van der Waals surface area contributed by atoms with Crippen LogP contribution in [0.15, 0.2) is 52.9 Å². The Kier molecular flexibility index (Phi) is 9.57. The number of hydrogen-bond acceptors (Lipinski definition) is 7. The minimum absolute atomic E-state index is 0.0620. The van der Waals surface area contributed by atoms with Gasteiger partial charge in [-0.2, -0.15) is 8.78 Å². The van der Waals surface area contributed by atoms with Crippen molar-refractivity contribution in [3.63, 3.8) is 0 Å². The van der Waals surface area contributed by atoms with Crippen LogP contribution >= 0.6 is 11.6 Å². The number of carbonyl (C=O) groups is 2. The van der Waals surface area contributed by atoms with Crippen LogP contribution in [0.4, 0.5) is 14.5 Å². The summed E-state index contributed by atoms with van der Waals surface area (Å²) in [5.74, 6) is -0.0242. The van der Waals surface area contributed by atoms with Crippen molar-refractivity contribution in [1.29, 1.82) is 0 Å². The number of fused-ring (bicyclic) bond motifs is 2. The van der Waals surface area contributed by atoms with Crippen LogP contribution in [0.2, 0.25) is 5.02 Å². The third kappa shape index (κ3) is 6.74. The highest BCUT2D eigenvalue weighted by atomic mass is 35.5. The first-order valence-corrected chi connectivity index (χ1v) is 18.8. The molecule has 3 aromatic carbocycles. The number of aromatic nitrogens is 3. The van der Waals surface area contributed by atoms with Crippen LogP contribution in [0.5, 0.6) is 5.75 Å². The summed E-state index contributed by atoms with van der Waals surface area (Å²) in [7, 11) is 1.91. The van der Waals surface area contributed by atoms with Gasteiger partial charge in [0.05, 0.1) is 22.0 Å². The number of amides is 1. The Hall–Kier alpha value is -4.61. The maximum Gasteiger partial charge on any atom is 0.387 e. The Morgan fingerprint density at radius 3 is 2.53 bits per heavy atom. The molecule has 0 bridgehead atoms. The first kappa shape index (κ1) is 35.4. The molecular weight excluding hydrogens is 700 g/mol. The second-order valence-electron chi connectivity index (χ2n) is 14.9. The topological polar surface area (TPSA) is 102 Å². The molecule has 8 rings (SSSR count). The lowest BCUT2D eigenvalue weighted by Gasteiger charge is -2.46. The molecule has 0 unspecified atom stereocenters. The number of alkyl halides is 2. The van der Waals surface area contributed by atoms with Gasteiger partial charge in [0.1, 0.15) is 11.3 Å². The number of benzene rings is 3. The number of ether oxygens (including phenoxy) is 1. The number of hydrogen-bond donors (Lipinski definition) is 1. The Bertz CT molecular complexity index is 2200. The first-order valence-electron chi connectivity index (χ1n) is 18.5. The fraction of sp³-hybridized carbons (Fsp3) is 0.415. The van der Waals surface area contributed by atoms with Crippen molar-refractivity contribution in [1.82, 2.24) is 19.4 Å². The predicted molar refractivity (Wildman–Crippen MR) is 200 cm³/mol. The highest BCUT2D eigenvalue weighted by molar-refractivity contribution is 6.36. The van der Waals surface area contributed by atoms with E-state index < -0.39 is 6.61 Å². The zero-order chi connectivity index (χ0) is 36.9. The molecule has 1 aliphatic heterocycles. The molecule has 2 aliphatic carbocycles. The fourth-order valence-electron chi connectivity index (χ4n) is 9.00. The smallest absolute Gasteiger partial charge is 0.387 e. The number of rotatable bonds is 8. The van der Waals surface area contributed by atoms with E-state index in [2.05, 4.69) is 19.9 Å². The SMILES string of the molecule is Cc1c(-c2nc3cc(C=O)c(OC(F)F)cc3o2)cccc1-c1cccc(NC(=O)c2nc3c(n2C)CCN(C2CCC4(CCCCC4)CC2)C3)c1Cl. The van der Waals surface area contributed by atoms with Crippen molar-refractivity contribution in [3.8, 4) is 28.3 Å². The predicted octanol–water partition coefficient (Wildman–Crippen LogP) is 9.77. The third-order valence-corrected chi connectivity index (χ3v) is 12.3. The molecule has 2 saturated carbocycles. The minimum Gasteiger partial charge on any atom is -0.436 e. The Morgan fingerprint density at radius 2 is 1.77 bits per heavy atom. The van der Waals surface area contributed by atoms with E-state index in [1.54, 1.807) is 6.07 Å². The molecule has 3 heterocycles. The Morgan fingerprint density at radius 1 is 1.04 bits per heavy atom. The fourth-order valence-corrected chi connectivity index (χ4v) is 9.27. The largest absolute Gasteiger partial charge is 0.436 e. The minimum atomic E-state index is -3.10. The number of carbonyl (C=O) groups excluding carboxylic acids is 2. The van der Waals surface area contributed by atoms with Crippen LogP contribution < -0.4 is 10.1 Å². The van der Waals surface area contributed by atoms with E-state index in [9.17, 15) is 18.4 Å². The van der Waals surface area contributed by atoms with Gasteiger partial charge in [-0.15, -0.1) is 0 Å². The third-order valence-electron chi connectivity index (χ3n) is 11.9. The average molecular weight is 742 g/mol. The van der Waals surface area contributed by atoms with Crippen molar-refractivity contribution >= 4 is 40.6 Å². The summed E-state index contributed by atoms with van der Waals surface area (Å²) >= 11 is 7.01. The second kappa shape index (κ2) is 14.3. The van der Waals surface area contributed by atoms with Gasteiger partial charge in [0.25, 0.3) is 5.91 Å². The highest BCUT2D eigenvalue weighted by Crippen LogP contribution is 2.48. The van der Waals surface area contributed by atoms with Gasteiger partial charge in [-0.25, -0.2) is 9.97 Å². The zero-order valence-electron chi connectivity index (χ0n) is 29.9. The first-order chi connectivity index (χ1) is 25.6. The standard InChI is InChI=1S/C41H42ClF2N5O4/c1-24-27(8-6-9-28(24)39-47-31-20-25(23-50)34(53-40(43)44)21-35(31)52-39)29-10-7-11-30(36(29)42)46-38(51)37-45-32-22-49(19-14-33(32)48(37)2)26-12-17-41(18-13-26)15-4-3-5-16-41/h6-11,20-21,23,26,40H,3-5,12-19,22H2,1-2H3,(H,46,51). The lowest BCUT2D eigenvalue weighted by Crippen LogP contribution is -2.44. The van der Waals surface area contributed by atoms with Gasteiger partial charge < -0.3 is 19.0 Å². The second-order valence-corrected chi connectivity index (χ2v) is 15.3. The van der Waals surface area contributed by atoms with Crippen molar-refractivity contribution < 1.29 is 27.5 Å². The van der Waals surface area contributed by atoms with Gasteiger partial charge in [-0.1, -0.05) is 55.1 Å². The molecule has 0 atom stereocenters. The lowest BCUT2D eigenvalue weighted by atomic mass is 9.64. The maximum atomic E-state index is 13.8. The van der Waals surface area contributed by atoms with E-state index in [0.29, 0.717) is 50.9 Å². The molecule has 1 N–H and O–H groups in total. The van der Waals surface area contributed by atoms with E-state index >= 15 is 0 Å². The highest BCUT2D eigenvalue weighted by Gasteiger charge is 2.39. The van der Waals surface area contributed by atoms with Crippen molar-refractivity contribution in [2.75, 3.05) is 11.9 Å². The summed E-state index contributed by atoms with van der Waals surface area (Å²) in [4.78, 5) is 37.3. The van der Waals surface area contributed by atoms with Crippen LogP contribution in [0.3, 0.4) is 0 Å². The summed E-state index contributed by atoms with van der Waals surface area (Å²) < 4.78 is 38.3. The van der Waals surface area contributed by atoms with E-state index in [1.807, 2.05) is 48.9 Å². The Labute approximate surface area is 311 Å². The molecule has 1 spiro atoms. The molecule has 12 heteroatoms. The van der Waals surface area contributed by atoms with Crippen LogP contribution in [-0.4, -0.2) is 50.8 Å². The number of imidazole rings is 1. The van der Waals surface area contributed by atoms with E-state index in [4.69, 9.17) is 21.0 Å². The summed E-state index contributed by atoms with van der Waals surface area (Å²) in [6, 6.07) is 14.2. The van der Waals surface area contributed by atoms with Gasteiger partial charge in [0.2, 0.25) is 5.89 Å². The quantitative estimate of drug-likeness (QED) is 0.158. The van der Waals surface area contributed by atoms with Crippen LogP contribution in [-0.2, 0) is 20.0 Å². The number of nitrogens with one attached hydrogen (secondary N) is 1.